The standard InChI is InChI=1S/C19H21N3O5/c1-12-3-4-14-13(9-26-16(14)7-12)8-18(23)22-5-6-25-10-15(22)19-20-17(11-24-2)27-21-19/h3-4,7,9,15H,5-6,8,10-11H2,1-2H3/t15-/m1/s1. The van der Waals surface area contributed by atoms with E-state index in [9.17, 15) is 4.79 Å². The van der Waals surface area contributed by atoms with Gasteiger partial charge in [-0.1, -0.05) is 17.3 Å². The lowest BCUT2D eigenvalue weighted by Gasteiger charge is -2.33. The number of fused-ring (bicyclic) bond motifs is 1. The molecule has 1 atom stereocenters. The molecule has 1 aliphatic rings. The van der Waals surface area contributed by atoms with Crippen molar-refractivity contribution in [2.24, 2.45) is 0 Å². The SMILES string of the molecule is COCc1nc([C@H]2COCCN2C(=O)Cc2coc3cc(C)ccc23)no1. The molecule has 27 heavy (non-hydrogen) atoms. The molecular weight excluding hydrogens is 350 g/mol. The van der Waals surface area contributed by atoms with Gasteiger partial charge in [-0.05, 0) is 18.6 Å². The largest absolute Gasteiger partial charge is 0.464 e. The van der Waals surface area contributed by atoms with Crippen molar-refractivity contribution < 1.29 is 23.2 Å². The topological polar surface area (TPSA) is 90.8 Å². The van der Waals surface area contributed by atoms with Gasteiger partial charge in [-0.3, -0.25) is 4.79 Å². The van der Waals surface area contributed by atoms with Crippen molar-refractivity contribution in [2.75, 3.05) is 26.9 Å². The number of hydrogen-bond donors (Lipinski definition) is 0. The van der Waals surface area contributed by atoms with E-state index in [1.807, 2.05) is 25.1 Å². The number of rotatable bonds is 5. The Bertz CT molecular complexity index is 948. The second kappa shape index (κ2) is 7.50. The highest BCUT2D eigenvalue weighted by molar-refractivity contribution is 5.88. The van der Waals surface area contributed by atoms with Gasteiger partial charge in [-0.25, -0.2) is 0 Å². The maximum Gasteiger partial charge on any atom is 0.252 e. The third-order valence-electron chi connectivity index (χ3n) is 4.65. The van der Waals surface area contributed by atoms with Crippen LogP contribution in [0.2, 0.25) is 0 Å². The zero-order valence-electron chi connectivity index (χ0n) is 15.3. The van der Waals surface area contributed by atoms with Crippen molar-refractivity contribution >= 4 is 16.9 Å². The molecule has 142 valence electrons. The Morgan fingerprint density at radius 3 is 3.15 bits per heavy atom. The Kier molecular flexibility index (Phi) is 4.91. The van der Waals surface area contributed by atoms with Crippen LogP contribution in [0, 0.1) is 6.92 Å². The highest BCUT2D eigenvalue weighted by Crippen LogP contribution is 2.26. The fraction of sp³-hybridized carbons (Fsp3) is 0.421. The van der Waals surface area contributed by atoms with E-state index in [1.54, 1.807) is 18.3 Å². The molecule has 0 saturated carbocycles. The first-order valence-corrected chi connectivity index (χ1v) is 8.81. The molecule has 1 aromatic carbocycles. The van der Waals surface area contributed by atoms with Crippen LogP contribution in [-0.4, -0.2) is 47.8 Å². The highest BCUT2D eigenvalue weighted by atomic mass is 16.5. The molecule has 0 N–H and O–H groups in total. The summed E-state index contributed by atoms with van der Waals surface area (Å²) in [4.78, 5) is 19.1. The summed E-state index contributed by atoms with van der Waals surface area (Å²) in [6.45, 7) is 3.54. The summed E-state index contributed by atoms with van der Waals surface area (Å²) in [6, 6.07) is 5.60. The number of nitrogens with zero attached hydrogens (tertiary/aromatic N) is 3. The van der Waals surface area contributed by atoms with E-state index < -0.39 is 0 Å². The lowest BCUT2D eigenvalue weighted by molar-refractivity contribution is -0.139. The van der Waals surface area contributed by atoms with E-state index in [0.29, 0.717) is 31.5 Å². The van der Waals surface area contributed by atoms with Crippen molar-refractivity contribution in [2.45, 2.75) is 26.0 Å². The average molecular weight is 371 g/mol. The molecule has 2 aromatic heterocycles. The van der Waals surface area contributed by atoms with Crippen LogP contribution in [0.5, 0.6) is 0 Å². The molecular formula is C19H21N3O5. The number of aromatic nitrogens is 2. The highest BCUT2D eigenvalue weighted by Gasteiger charge is 2.32. The van der Waals surface area contributed by atoms with Crippen molar-refractivity contribution in [3.8, 4) is 0 Å². The minimum Gasteiger partial charge on any atom is -0.464 e. The van der Waals surface area contributed by atoms with E-state index in [-0.39, 0.29) is 25.0 Å². The first kappa shape index (κ1) is 17.7. The summed E-state index contributed by atoms with van der Waals surface area (Å²) in [7, 11) is 1.56. The van der Waals surface area contributed by atoms with Gasteiger partial charge in [0.1, 0.15) is 18.2 Å². The molecule has 1 amide bonds. The lowest BCUT2D eigenvalue weighted by atomic mass is 10.1. The summed E-state index contributed by atoms with van der Waals surface area (Å²) in [6.07, 6.45) is 1.90. The summed E-state index contributed by atoms with van der Waals surface area (Å²) in [5.74, 6) is 0.786. The summed E-state index contributed by atoms with van der Waals surface area (Å²) < 4.78 is 21.3. The first-order chi connectivity index (χ1) is 13.2. The first-order valence-electron chi connectivity index (χ1n) is 8.81. The fourth-order valence-electron chi connectivity index (χ4n) is 3.29. The van der Waals surface area contributed by atoms with Crippen molar-refractivity contribution in [3.63, 3.8) is 0 Å². The van der Waals surface area contributed by atoms with Gasteiger partial charge in [0.05, 0.1) is 25.9 Å². The second-order valence-corrected chi connectivity index (χ2v) is 6.59. The van der Waals surface area contributed by atoms with Crippen LogP contribution < -0.4 is 0 Å². The van der Waals surface area contributed by atoms with Crippen molar-refractivity contribution in [3.05, 3.63) is 47.3 Å². The second-order valence-electron chi connectivity index (χ2n) is 6.59. The zero-order chi connectivity index (χ0) is 18.8. The maximum absolute atomic E-state index is 13.0. The number of amides is 1. The summed E-state index contributed by atoms with van der Waals surface area (Å²) in [5, 5.41) is 4.95. The van der Waals surface area contributed by atoms with Crippen LogP contribution >= 0.6 is 0 Å². The van der Waals surface area contributed by atoms with Gasteiger partial charge in [-0.2, -0.15) is 4.98 Å². The quantitative estimate of drug-likeness (QED) is 0.680. The molecule has 1 fully saturated rings. The number of methoxy groups -OCH3 is 1. The summed E-state index contributed by atoms with van der Waals surface area (Å²) >= 11 is 0. The van der Waals surface area contributed by atoms with Crippen LogP contribution in [-0.2, 0) is 27.3 Å². The molecule has 0 unspecified atom stereocenters. The Hall–Kier alpha value is -2.71. The van der Waals surface area contributed by atoms with Gasteiger partial charge in [0.2, 0.25) is 5.91 Å². The molecule has 0 aliphatic carbocycles. The van der Waals surface area contributed by atoms with E-state index in [1.165, 1.54) is 0 Å². The Morgan fingerprint density at radius 1 is 1.41 bits per heavy atom. The third kappa shape index (κ3) is 3.58. The molecule has 4 rings (SSSR count). The van der Waals surface area contributed by atoms with E-state index in [0.717, 1.165) is 22.1 Å². The lowest BCUT2D eigenvalue weighted by Crippen LogP contribution is -2.44. The number of morpholine rings is 1. The van der Waals surface area contributed by atoms with Gasteiger partial charge < -0.3 is 23.3 Å². The van der Waals surface area contributed by atoms with E-state index in [4.69, 9.17) is 18.4 Å². The Balaban J connectivity index is 1.54. The number of ether oxygens (including phenoxy) is 2. The number of carbonyl (C=O) groups is 1. The summed E-state index contributed by atoms with van der Waals surface area (Å²) in [5.41, 5.74) is 2.78. The van der Waals surface area contributed by atoms with Gasteiger partial charge in [0, 0.05) is 24.6 Å². The van der Waals surface area contributed by atoms with Gasteiger partial charge in [0.15, 0.2) is 5.82 Å². The molecule has 1 saturated heterocycles. The van der Waals surface area contributed by atoms with Crippen LogP contribution in [0.1, 0.15) is 28.9 Å². The molecule has 0 spiro atoms. The predicted molar refractivity (Wildman–Crippen MR) is 94.9 cm³/mol. The molecule has 0 radical (unpaired) electrons. The van der Waals surface area contributed by atoms with Crippen LogP contribution in [0.25, 0.3) is 11.0 Å². The van der Waals surface area contributed by atoms with E-state index >= 15 is 0 Å². The van der Waals surface area contributed by atoms with Gasteiger partial charge in [0.25, 0.3) is 5.89 Å². The minimum absolute atomic E-state index is 0.0235. The van der Waals surface area contributed by atoms with Crippen LogP contribution in [0.15, 0.2) is 33.4 Å². The fourth-order valence-corrected chi connectivity index (χ4v) is 3.29. The monoisotopic (exact) mass is 371 g/mol. The van der Waals surface area contributed by atoms with Crippen molar-refractivity contribution in [1.29, 1.82) is 0 Å². The van der Waals surface area contributed by atoms with Gasteiger partial charge >= 0.3 is 0 Å². The van der Waals surface area contributed by atoms with Crippen molar-refractivity contribution in [1.82, 2.24) is 15.0 Å². The Labute approximate surface area is 156 Å². The maximum atomic E-state index is 13.0. The van der Waals surface area contributed by atoms with Gasteiger partial charge in [-0.15, -0.1) is 0 Å². The molecule has 1 aliphatic heterocycles. The molecule has 0 bridgehead atoms. The number of benzene rings is 1. The van der Waals surface area contributed by atoms with E-state index in [2.05, 4.69) is 10.1 Å². The zero-order valence-corrected chi connectivity index (χ0v) is 15.3. The predicted octanol–water partition coefficient (Wildman–Crippen LogP) is 2.41. The molecule has 3 heterocycles. The smallest absolute Gasteiger partial charge is 0.252 e. The molecule has 8 nitrogen and oxygen atoms in total. The number of hydrogen-bond acceptors (Lipinski definition) is 7. The van der Waals surface area contributed by atoms with Crippen LogP contribution in [0.4, 0.5) is 0 Å². The molecule has 8 heteroatoms. The molecule has 3 aromatic rings. The normalized spacial score (nSPS) is 17.6. The average Bonchev–Trinajstić information content (AvgIpc) is 3.29. The van der Waals surface area contributed by atoms with Crippen LogP contribution in [0.3, 0.4) is 0 Å². The minimum atomic E-state index is -0.374. The number of furan rings is 1. The third-order valence-corrected chi connectivity index (χ3v) is 4.65. The number of aryl methyl sites for hydroxylation is 1. The Morgan fingerprint density at radius 2 is 2.30 bits per heavy atom. The number of carbonyl (C=O) groups excluding carboxylic acids is 1.